The number of azo groups is 1. The normalized spacial score (nSPS) is 12.1. The van der Waals surface area contributed by atoms with Gasteiger partial charge in [0.2, 0.25) is 0 Å². The molecule has 0 aliphatic heterocycles. The molecule has 0 aliphatic carbocycles. The van der Waals surface area contributed by atoms with Gasteiger partial charge >= 0.3 is 0 Å². The van der Waals surface area contributed by atoms with Gasteiger partial charge in [0.25, 0.3) is 0 Å². The van der Waals surface area contributed by atoms with E-state index in [4.69, 9.17) is 0 Å². The number of fused-ring (bicyclic) bond motifs is 1. The molecule has 0 atom stereocenters. The van der Waals surface area contributed by atoms with Crippen LogP contribution in [0.3, 0.4) is 0 Å². The first-order valence-electron chi connectivity index (χ1n) is 7.05. The summed E-state index contributed by atoms with van der Waals surface area (Å²) in [7, 11) is -4.52. The molecule has 0 aliphatic rings. The first kappa shape index (κ1) is 16.1. The van der Waals surface area contributed by atoms with E-state index in [1.54, 1.807) is 6.07 Å². The number of aryl methyl sites for hydroxylation is 1. The third kappa shape index (κ3) is 3.12. The van der Waals surface area contributed by atoms with Crippen LogP contribution in [0, 0.1) is 6.92 Å². The van der Waals surface area contributed by atoms with Crippen LogP contribution in [0.25, 0.3) is 10.8 Å². The van der Waals surface area contributed by atoms with E-state index in [0.717, 1.165) is 10.8 Å². The van der Waals surface area contributed by atoms with Crippen LogP contribution in [0.2, 0.25) is 0 Å². The third-order valence-electron chi connectivity index (χ3n) is 3.57. The predicted octanol–water partition coefficient (Wildman–Crippen LogP) is 4.17. The number of nitrogens with zero attached hydrogens (tertiary/aromatic N) is 2. The molecule has 24 heavy (non-hydrogen) atoms. The topological polar surface area (TPSA) is 102 Å². The number of hydrogen-bond donors (Lipinski definition) is 1. The van der Waals surface area contributed by atoms with Crippen molar-refractivity contribution in [2.75, 3.05) is 0 Å². The van der Waals surface area contributed by atoms with Gasteiger partial charge in [-0.25, -0.2) is 8.42 Å². The molecule has 3 rings (SSSR count). The van der Waals surface area contributed by atoms with E-state index in [1.165, 1.54) is 31.2 Å². The lowest BCUT2D eigenvalue weighted by Gasteiger charge is -2.10. The molecule has 0 saturated heterocycles. The lowest BCUT2D eigenvalue weighted by atomic mass is 10.1. The summed E-state index contributed by atoms with van der Waals surface area (Å²) in [6.45, 7) is 1.51. The van der Waals surface area contributed by atoms with E-state index < -0.39 is 10.1 Å². The van der Waals surface area contributed by atoms with Gasteiger partial charge in [-0.3, -0.25) is 0 Å². The molecule has 6 nitrogen and oxygen atoms in total. The second kappa shape index (κ2) is 6.03. The number of hydrogen-bond acceptors (Lipinski definition) is 6. The Kier molecular flexibility index (Phi) is 4.04. The van der Waals surface area contributed by atoms with Gasteiger partial charge in [-0.2, -0.15) is 5.11 Å². The fourth-order valence-electron chi connectivity index (χ4n) is 2.43. The molecule has 122 valence electrons. The van der Waals surface area contributed by atoms with Crippen molar-refractivity contribution >= 4 is 32.3 Å². The van der Waals surface area contributed by atoms with E-state index in [2.05, 4.69) is 10.2 Å². The Labute approximate surface area is 138 Å². The number of aromatic hydroxyl groups is 1. The Morgan fingerprint density at radius 3 is 2.46 bits per heavy atom. The van der Waals surface area contributed by atoms with Crippen molar-refractivity contribution in [3.63, 3.8) is 0 Å². The molecule has 0 heterocycles. The molecular weight excluding hydrogens is 328 g/mol. The van der Waals surface area contributed by atoms with Crippen molar-refractivity contribution in [3.05, 3.63) is 60.2 Å². The van der Waals surface area contributed by atoms with Crippen LogP contribution < -0.4 is 0 Å². The molecule has 0 saturated carbocycles. The summed E-state index contributed by atoms with van der Waals surface area (Å²) in [5, 5.41) is 19.8. The molecular formula is C17H13N2O4S-. The molecule has 1 N–H and O–H groups in total. The zero-order valence-corrected chi connectivity index (χ0v) is 13.5. The summed E-state index contributed by atoms with van der Waals surface area (Å²) in [6, 6.07) is 14.8. The summed E-state index contributed by atoms with van der Waals surface area (Å²) in [6.07, 6.45) is 0. The van der Waals surface area contributed by atoms with Gasteiger partial charge < -0.3 is 9.66 Å². The van der Waals surface area contributed by atoms with Crippen LogP contribution in [0.4, 0.5) is 11.4 Å². The van der Waals surface area contributed by atoms with E-state index in [0.29, 0.717) is 16.9 Å². The first-order valence-corrected chi connectivity index (χ1v) is 8.46. The lowest BCUT2D eigenvalue weighted by Crippen LogP contribution is -2.00. The Morgan fingerprint density at radius 1 is 1.00 bits per heavy atom. The number of rotatable bonds is 3. The van der Waals surface area contributed by atoms with Crippen LogP contribution in [0.1, 0.15) is 5.56 Å². The number of benzene rings is 3. The Bertz CT molecular complexity index is 1060. The minimum Gasteiger partial charge on any atom is -0.744 e. The van der Waals surface area contributed by atoms with Crippen molar-refractivity contribution in [3.8, 4) is 5.75 Å². The van der Waals surface area contributed by atoms with Crippen LogP contribution in [-0.4, -0.2) is 18.1 Å². The van der Waals surface area contributed by atoms with Crippen LogP contribution in [0.15, 0.2) is 69.7 Å². The molecule has 0 fully saturated rings. The zero-order chi connectivity index (χ0) is 17.3. The third-order valence-corrected chi connectivity index (χ3v) is 4.57. The fourth-order valence-corrected chi connectivity index (χ4v) is 3.12. The monoisotopic (exact) mass is 341 g/mol. The van der Waals surface area contributed by atoms with Gasteiger partial charge in [0.05, 0.1) is 10.6 Å². The van der Waals surface area contributed by atoms with Gasteiger partial charge in [-0.1, -0.05) is 30.3 Å². The summed E-state index contributed by atoms with van der Waals surface area (Å²) >= 11 is 0. The maximum absolute atomic E-state index is 11.1. The number of phenols is 1. The fraction of sp³-hybridized carbons (Fsp3) is 0.0588. The average Bonchev–Trinajstić information content (AvgIpc) is 2.53. The molecule has 0 aromatic heterocycles. The highest BCUT2D eigenvalue weighted by Crippen LogP contribution is 2.36. The Hall–Kier alpha value is -2.77. The maximum Gasteiger partial charge on any atom is 0.143 e. The SMILES string of the molecule is Cc1cc(N=Nc2c(O)ccc3ccccc23)ccc1S(=O)(=O)[O-]. The van der Waals surface area contributed by atoms with Gasteiger partial charge in [0, 0.05) is 5.39 Å². The highest BCUT2D eigenvalue weighted by molar-refractivity contribution is 7.85. The highest BCUT2D eigenvalue weighted by atomic mass is 32.2. The van der Waals surface area contributed by atoms with Gasteiger partial charge in [-0.05, 0) is 42.1 Å². The van der Waals surface area contributed by atoms with E-state index in [9.17, 15) is 18.1 Å². The van der Waals surface area contributed by atoms with Gasteiger partial charge in [-0.15, -0.1) is 5.11 Å². The molecule has 7 heteroatoms. The van der Waals surface area contributed by atoms with E-state index in [1.807, 2.05) is 24.3 Å². The lowest BCUT2D eigenvalue weighted by molar-refractivity contribution is 0.462. The summed E-state index contributed by atoms with van der Waals surface area (Å²) in [5.41, 5.74) is 1.00. The van der Waals surface area contributed by atoms with Crippen molar-refractivity contribution in [2.24, 2.45) is 10.2 Å². The molecule has 0 spiro atoms. The minimum atomic E-state index is -4.52. The molecule has 3 aromatic rings. The van der Waals surface area contributed by atoms with E-state index in [-0.39, 0.29) is 10.6 Å². The molecule has 3 aromatic carbocycles. The Balaban J connectivity index is 2.03. The summed E-state index contributed by atoms with van der Waals surface area (Å²) in [5.74, 6) is -0.00655. The quantitative estimate of drug-likeness (QED) is 0.570. The van der Waals surface area contributed by atoms with Crippen LogP contribution in [0.5, 0.6) is 5.75 Å². The molecule has 0 bridgehead atoms. The van der Waals surface area contributed by atoms with Gasteiger partial charge in [0.15, 0.2) is 0 Å². The van der Waals surface area contributed by atoms with Crippen LogP contribution >= 0.6 is 0 Å². The number of phenolic OH excluding ortho intramolecular Hbond substituents is 1. The largest absolute Gasteiger partial charge is 0.744 e. The van der Waals surface area contributed by atoms with Crippen molar-refractivity contribution < 1.29 is 18.1 Å². The Morgan fingerprint density at radius 2 is 1.75 bits per heavy atom. The zero-order valence-electron chi connectivity index (χ0n) is 12.7. The smallest absolute Gasteiger partial charge is 0.143 e. The molecule has 0 unspecified atom stereocenters. The standard InChI is InChI=1S/C17H14N2O4S/c1-11-10-13(7-9-16(11)24(21,22)23)18-19-17-14-5-3-2-4-12(14)6-8-15(17)20/h2-10,20H,1H3,(H,21,22,23)/p-1. The van der Waals surface area contributed by atoms with Crippen molar-refractivity contribution in [1.29, 1.82) is 0 Å². The van der Waals surface area contributed by atoms with E-state index >= 15 is 0 Å². The molecule has 0 amide bonds. The second-order valence-electron chi connectivity index (χ2n) is 5.26. The summed E-state index contributed by atoms with van der Waals surface area (Å²) in [4.78, 5) is -0.283. The second-order valence-corrected chi connectivity index (χ2v) is 6.61. The van der Waals surface area contributed by atoms with Crippen molar-refractivity contribution in [2.45, 2.75) is 11.8 Å². The van der Waals surface area contributed by atoms with Crippen molar-refractivity contribution in [1.82, 2.24) is 0 Å². The predicted molar refractivity (Wildman–Crippen MR) is 88.9 cm³/mol. The molecule has 0 radical (unpaired) electrons. The highest BCUT2D eigenvalue weighted by Gasteiger charge is 2.08. The maximum atomic E-state index is 11.1. The van der Waals surface area contributed by atoms with Crippen LogP contribution in [-0.2, 0) is 10.1 Å². The summed E-state index contributed by atoms with van der Waals surface area (Å²) < 4.78 is 33.3. The minimum absolute atomic E-state index is 0.00655. The van der Waals surface area contributed by atoms with Gasteiger partial charge in [0.1, 0.15) is 21.6 Å². The average molecular weight is 341 g/mol. The first-order chi connectivity index (χ1) is 11.4.